The number of nitriles is 1. The number of methoxy groups -OCH3 is 1. The van der Waals surface area contributed by atoms with Crippen molar-refractivity contribution in [2.75, 3.05) is 7.11 Å². The van der Waals surface area contributed by atoms with Crippen LogP contribution in [0.15, 0.2) is 84.9 Å². The summed E-state index contributed by atoms with van der Waals surface area (Å²) in [6.45, 7) is 0. The molecule has 0 unspecified atom stereocenters. The summed E-state index contributed by atoms with van der Waals surface area (Å²) in [6, 6.07) is 23.4. The van der Waals surface area contributed by atoms with Crippen LogP contribution in [0.4, 0.5) is 0 Å². The van der Waals surface area contributed by atoms with E-state index in [4.69, 9.17) is 4.74 Å². The van der Waals surface area contributed by atoms with E-state index in [9.17, 15) is 24.8 Å². The van der Waals surface area contributed by atoms with Gasteiger partial charge in [0.25, 0.3) is 11.8 Å². The van der Waals surface area contributed by atoms with Crippen molar-refractivity contribution in [3.63, 3.8) is 0 Å². The number of aliphatic hydroxyl groups is 1. The number of aliphatic hydroxyl groups excluding tert-OH is 1. The summed E-state index contributed by atoms with van der Waals surface area (Å²) in [5, 5.41) is 25.5. The van der Waals surface area contributed by atoms with Crippen LogP contribution >= 0.6 is 0 Å². The van der Waals surface area contributed by atoms with Crippen molar-refractivity contribution >= 4 is 17.8 Å². The second kappa shape index (κ2) is 12.1. The Hall–Kier alpha value is -4.48. The van der Waals surface area contributed by atoms with Crippen molar-refractivity contribution in [2.24, 2.45) is 0 Å². The quantitative estimate of drug-likeness (QED) is 0.411. The van der Waals surface area contributed by atoms with Gasteiger partial charge in [-0.3, -0.25) is 9.59 Å². The third-order valence-electron chi connectivity index (χ3n) is 5.43. The zero-order chi connectivity index (χ0) is 25.2. The Bertz CT molecular complexity index is 1210. The number of benzene rings is 3. The lowest BCUT2D eigenvalue weighted by Crippen LogP contribution is -2.51. The van der Waals surface area contributed by atoms with Gasteiger partial charge in [-0.15, -0.1) is 0 Å². The van der Waals surface area contributed by atoms with Crippen LogP contribution in [-0.2, 0) is 20.7 Å². The predicted octanol–water partition coefficient (Wildman–Crippen LogP) is 2.29. The number of nitrogens with one attached hydrogen (secondary N) is 2. The number of carbonyl (C=O) groups is 3. The van der Waals surface area contributed by atoms with Crippen molar-refractivity contribution in [2.45, 2.75) is 24.6 Å². The number of esters is 1. The van der Waals surface area contributed by atoms with E-state index in [1.807, 2.05) is 6.07 Å². The minimum absolute atomic E-state index is 0.0127. The minimum atomic E-state index is -1.72. The number of hydrogen-bond acceptors (Lipinski definition) is 6. The van der Waals surface area contributed by atoms with Crippen molar-refractivity contribution in [3.8, 4) is 6.07 Å². The molecule has 3 aromatic carbocycles. The summed E-state index contributed by atoms with van der Waals surface area (Å²) in [7, 11) is 1.18. The first-order valence-corrected chi connectivity index (χ1v) is 10.9. The Morgan fingerprint density at radius 2 is 1.51 bits per heavy atom. The number of ether oxygens (including phenoxy) is 1. The van der Waals surface area contributed by atoms with Crippen LogP contribution in [0.3, 0.4) is 0 Å². The molecule has 0 aromatic heterocycles. The second-order valence-electron chi connectivity index (χ2n) is 7.73. The van der Waals surface area contributed by atoms with Crippen LogP contribution in [0.1, 0.15) is 33.1 Å². The highest BCUT2D eigenvalue weighted by molar-refractivity contribution is 5.95. The first-order chi connectivity index (χ1) is 16.9. The molecule has 0 aliphatic heterocycles. The Labute approximate surface area is 203 Å². The van der Waals surface area contributed by atoms with Gasteiger partial charge >= 0.3 is 5.97 Å². The largest absolute Gasteiger partial charge is 0.467 e. The topological polar surface area (TPSA) is 129 Å². The van der Waals surface area contributed by atoms with E-state index >= 15 is 0 Å². The summed E-state index contributed by atoms with van der Waals surface area (Å²) >= 11 is 0. The monoisotopic (exact) mass is 471 g/mol. The van der Waals surface area contributed by atoms with E-state index in [0.29, 0.717) is 22.3 Å². The highest BCUT2D eigenvalue weighted by Gasteiger charge is 2.32. The molecule has 0 heterocycles. The molecule has 3 rings (SSSR count). The lowest BCUT2D eigenvalue weighted by Gasteiger charge is -2.26. The lowest BCUT2D eigenvalue weighted by molar-refractivity contribution is -0.146. The van der Waals surface area contributed by atoms with E-state index in [1.165, 1.54) is 7.11 Å². The molecule has 3 atom stereocenters. The molecule has 3 aromatic rings. The van der Waals surface area contributed by atoms with E-state index < -0.39 is 36.0 Å². The molecule has 35 heavy (non-hydrogen) atoms. The molecule has 3 N–H and O–H groups in total. The summed E-state index contributed by atoms with van der Waals surface area (Å²) in [4.78, 5) is 38.3. The van der Waals surface area contributed by atoms with Gasteiger partial charge in [0.15, 0.2) is 6.10 Å². The molecule has 8 heteroatoms. The van der Waals surface area contributed by atoms with Crippen molar-refractivity contribution in [1.82, 2.24) is 10.6 Å². The molecule has 0 fully saturated rings. The molecule has 0 spiro atoms. The third-order valence-corrected chi connectivity index (χ3v) is 5.43. The van der Waals surface area contributed by atoms with Gasteiger partial charge in [-0.2, -0.15) is 5.26 Å². The normalized spacial score (nSPS) is 12.9. The molecule has 0 saturated carbocycles. The molecule has 0 radical (unpaired) electrons. The molecule has 0 saturated heterocycles. The van der Waals surface area contributed by atoms with Gasteiger partial charge in [0.1, 0.15) is 6.04 Å². The number of rotatable bonds is 9. The maximum absolute atomic E-state index is 13.1. The number of nitrogens with zero attached hydrogens (tertiary/aromatic N) is 1. The van der Waals surface area contributed by atoms with Crippen LogP contribution in [0.2, 0.25) is 0 Å². The highest BCUT2D eigenvalue weighted by Crippen LogP contribution is 2.19. The average molecular weight is 472 g/mol. The van der Waals surface area contributed by atoms with Crippen LogP contribution < -0.4 is 10.6 Å². The lowest BCUT2D eigenvalue weighted by atomic mass is 9.98. The SMILES string of the molecule is COC(=O)[C@@H](Cc1ccccc1C#N)NC(=O)[C@H](O)[C@@H](NC(=O)c1ccccc1)c1ccccc1. The Balaban J connectivity index is 1.83. The zero-order valence-corrected chi connectivity index (χ0v) is 19.0. The van der Waals surface area contributed by atoms with Gasteiger partial charge in [-0.25, -0.2) is 4.79 Å². The molecule has 8 nitrogen and oxygen atoms in total. The molecular weight excluding hydrogens is 446 g/mol. The number of carbonyl (C=O) groups excluding carboxylic acids is 3. The Morgan fingerprint density at radius 3 is 2.14 bits per heavy atom. The van der Waals surface area contributed by atoms with Crippen molar-refractivity contribution < 1.29 is 24.2 Å². The number of amides is 2. The first-order valence-electron chi connectivity index (χ1n) is 10.9. The smallest absolute Gasteiger partial charge is 0.328 e. The molecule has 2 amide bonds. The summed E-state index contributed by atoms with van der Waals surface area (Å²) in [5.41, 5.74) is 1.76. The molecule has 178 valence electrons. The van der Waals surface area contributed by atoms with E-state index in [0.717, 1.165) is 0 Å². The summed E-state index contributed by atoms with van der Waals surface area (Å²) in [6.07, 6.45) is -1.73. The van der Waals surface area contributed by atoms with Crippen molar-refractivity contribution in [3.05, 3.63) is 107 Å². The average Bonchev–Trinajstić information content (AvgIpc) is 2.91. The van der Waals surface area contributed by atoms with Gasteiger partial charge < -0.3 is 20.5 Å². The molecular formula is C27H25N3O5. The Morgan fingerprint density at radius 1 is 0.914 bits per heavy atom. The fourth-order valence-corrected chi connectivity index (χ4v) is 3.59. The second-order valence-corrected chi connectivity index (χ2v) is 7.73. The minimum Gasteiger partial charge on any atom is -0.467 e. The number of hydrogen-bond donors (Lipinski definition) is 3. The van der Waals surface area contributed by atoms with Crippen LogP contribution in [0, 0.1) is 11.3 Å². The van der Waals surface area contributed by atoms with Gasteiger partial charge in [-0.05, 0) is 29.3 Å². The maximum atomic E-state index is 13.1. The standard InChI is InChI=1S/C27H25N3O5/c1-35-27(34)22(16-20-14-8-9-15-21(20)17-28)29-26(33)24(31)23(18-10-4-2-5-11-18)30-25(32)19-12-6-3-7-13-19/h2-15,22-24,31H,16H2,1H3,(H,29,33)(H,30,32)/t22-,23+,24-/m1/s1. The summed E-state index contributed by atoms with van der Waals surface area (Å²) in [5.74, 6) is -2.08. The van der Waals surface area contributed by atoms with E-state index in [2.05, 4.69) is 10.6 Å². The molecule has 0 bridgehead atoms. The zero-order valence-electron chi connectivity index (χ0n) is 19.0. The fraction of sp³-hybridized carbons (Fsp3) is 0.185. The van der Waals surface area contributed by atoms with Crippen molar-refractivity contribution in [1.29, 1.82) is 5.26 Å². The van der Waals surface area contributed by atoms with Crippen LogP contribution in [0.5, 0.6) is 0 Å². The predicted molar refractivity (Wildman–Crippen MR) is 128 cm³/mol. The Kier molecular flexibility index (Phi) is 8.70. The fourth-order valence-electron chi connectivity index (χ4n) is 3.59. The summed E-state index contributed by atoms with van der Waals surface area (Å²) < 4.78 is 4.82. The highest BCUT2D eigenvalue weighted by atomic mass is 16.5. The first kappa shape index (κ1) is 25.1. The molecule has 0 aliphatic carbocycles. The molecule has 0 aliphatic rings. The van der Waals surface area contributed by atoms with Crippen LogP contribution in [0.25, 0.3) is 0 Å². The van der Waals surface area contributed by atoms with Gasteiger partial charge in [0, 0.05) is 12.0 Å². The third kappa shape index (κ3) is 6.53. The van der Waals surface area contributed by atoms with Gasteiger partial charge in [0.05, 0.1) is 24.8 Å². The van der Waals surface area contributed by atoms with Gasteiger partial charge in [0.2, 0.25) is 0 Å². The van der Waals surface area contributed by atoms with Gasteiger partial charge in [-0.1, -0.05) is 66.7 Å². The van der Waals surface area contributed by atoms with E-state index in [1.54, 1.807) is 84.9 Å². The van der Waals surface area contributed by atoms with E-state index in [-0.39, 0.29) is 6.42 Å². The maximum Gasteiger partial charge on any atom is 0.328 e. The van der Waals surface area contributed by atoms with Crippen LogP contribution in [-0.4, -0.2) is 42.1 Å².